The minimum Gasteiger partial charge on any atom is -0.376 e. The maximum atomic E-state index is 12.5. The van der Waals surface area contributed by atoms with Crippen molar-refractivity contribution in [1.82, 2.24) is 15.3 Å². The number of aryl methyl sites for hydroxylation is 3. The van der Waals surface area contributed by atoms with Crippen molar-refractivity contribution in [1.29, 1.82) is 0 Å². The van der Waals surface area contributed by atoms with Crippen molar-refractivity contribution < 1.29 is 9.53 Å². The third-order valence-electron chi connectivity index (χ3n) is 5.01. The van der Waals surface area contributed by atoms with Crippen LogP contribution in [0.15, 0.2) is 4.79 Å². The van der Waals surface area contributed by atoms with E-state index in [1.165, 1.54) is 16.9 Å². The molecule has 1 aliphatic carbocycles. The predicted molar refractivity (Wildman–Crippen MR) is 97.2 cm³/mol. The fourth-order valence-corrected chi connectivity index (χ4v) is 4.96. The van der Waals surface area contributed by atoms with E-state index in [-0.39, 0.29) is 17.6 Å². The summed E-state index contributed by atoms with van der Waals surface area (Å²) in [6, 6.07) is 0. The maximum absolute atomic E-state index is 12.5. The van der Waals surface area contributed by atoms with Gasteiger partial charge in [0, 0.05) is 30.9 Å². The molecule has 7 heteroatoms. The highest BCUT2D eigenvalue weighted by atomic mass is 32.1. The van der Waals surface area contributed by atoms with E-state index in [0.717, 1.165) is 48.9 Å². The van der Waals surface area contributed by atoms with Gasteiger partial charge in [-0.15, -0.1) is 11.3 Å². The number of thiophene rings is 1. The van der Waals surface area contributed by atoms with Gasteiger partial charge >= 0.3 is 0 Å². The van der Waals surface area contributed by atoms with E-state index in [4.69, 9.17) is 4.74 Å². The van der Waals surface area contributed by atoms with E-state index in [0.29, 0.717) is 25.2 Å². The number of rotatable bonds is 5. The smallest absolute Gasteiger partial charge is 0.259 e. The van der Waals surface area contributed by atoms with Gasteiger partial charge in [0.15, 0.2) is 0 Å². The van der Waals surface area contributed by atoms with Crippen LogP contribution in [-0.4, -0.2) is 35.1 Å². The molecule has 0 saturated carbocycles. The molecule has 0 spiro atoms. The van der Waals surface area contributed by atoms with Gasteiger partial charge < -0.3 is 15.0 Å². The van der Waals surface area contributed by atoms with E-state index in [9.17, 15) is 9.59 Å². The molecule has 6 nitrogen and oxygen atoms in total. The summed E-state index contributed by atoms with van der Waals surface area (Å²) in [7, 11) is 0. The normalized spacial score (nSPS) is 19.9. The predicted octanol–water partition coefficient (Wildman–Crippen LogP) is 2.09. The van der Waals surface area contributed by atoms with Crippen LogP contribution in [0.4, 0.5) is 0 Å². The van der Waals surface area contributed by atoms with Crippen LogP contribution < -0.4 is 10.9 Å². The van der Waals surface area contributed by atoms with E-state index >= 15 is 0 Å². The van der Waals surface area contributed by atoms with Crippen molar-refractivity contribution in [3.8, 4) is 0 Å². The number of amides is 1. The minimum absolute atomic E-state index is 0.0243. The Labute approximate surface area is 150 Å². The minimum atomic E-state index is -0.0563. The molecule has 0 aromatic carbocycles. The van der Waals surface area contributed by atoms with Crippen molar-refractivity contribution in [3.05, 3.63) is 26.6 Å². The number of nitrogens with one attached hydrogen (secondary N) is 2. The lowest BCUT2D eigenvalue weighted by atomic mass is 9.97. The largest absolute Gasteiger partial charge is 0.376 e. The van der Waals surface area contributed by atoms with Crippen molar-refractivity contribution >= 4 is 27.5 Å². The number of carbonyl (C=O) groups is 1. The van der Waals surface area contributed by atoms with Crippen molar-refractivity contribution in [2.75, 3.05) is 13.2 Å². The third-order valence-corrected chi connectivity index (χ3v) is 6.20. The lowest BCUT2D eigenvalue weighted by Gasteiger charge is -2.10. The van der Waals surface area contributed by atoms with Crippen molar-refractivity contribution in [2.45, 2.75) is 57.5 Å². The second kappa shape index (κ2) is 7.25. The molecule has 1 aliphatic heterocycles. The monoisotopic (exact) mass is 361 g/mol. The molecule has 2 N–H and O–H groups in total. The molecule has 0 radical (unpaired) electrons. The molecule has 1 amide bonds. The van der Waals surface area contributed by atoms with E-state index in [2.05, 4.69) is 15.3 Å². The number of carbonyl (C=O) groups excluding carboxylic acids is 1. The van der Waals surface area contributed by atoms with Gasteiger partial charge in [0.05, 0.1) is 11.5 Å². The summed E-state index contributed by atoms with van der Waals surface area (Å²) in [5.41, 5.74) is 1.14. The van der Waals surface area contributed by atoms with Crippen molar-refractivity contribution in [2.24, 2.45) is 0 Å². The Kier molecular flexibility index (Phi) is 4.85. The van der Waals surface area contributed by atoms with Crippen LogP contribution in [-0.2, 0) is 28.8 Å². The van der Waals surface area contributed by atoms with Crippen LogP contribution in [0.2, 0.25) is 0 Å². The van der Waals surface area contributed by atoms with Crippen LogP contribution in [0.25, 0.3) is 10.2 Å². The highest BCUT2D eigenvalue weighted by Crippen LogP contribution is 2.33. The zero-order valence-electron chi connectivity index (χ0n) is 14.2. The Balaban J connectivity index is 1.41. The molecule has 25 heavy (non-hydrogen) atoms. The Bertz CT molecular complexity index is 836. The second-order valence-electron chi connectivity index (χ2n) is 6.84. The topological polar surface area (TPSA) is 84.1 Å². The average Bonchev–Trinajstić information content (AvgIpc) is 3.25. The first-order valence-electron chi connectivity index (χ1n) is 9.12. The molecule has 2 aromatic rings. The first-order valence-corrected chi connectivity index (χ1v) is 9.94. The molecule has 0 unspecified atom stereocenters. The van der Waals surface area contributed by atoms with Gasteiger partial charge in [-0.1, -0.05) is 0 Å². The number of hydrogen-bond donors (Lipinski definition) is 2. The number of fused-ring (bicyclic) bond motifs is 3. The Hall–Kier alpha value is -1.73. The Morgan fingerprint density at radius 1 is 1.32 bits per heavy atom. The molecule has 0 bridgehead atoms. The quantitative estimate of drug-likeness (QED) is 0.854. The fourth-order valence-electron chi connectivity index (χ4n) is 3.68. The van der Waals surface area contributed by atoms with E-state index < -0.39 is 0 Å². The molecule has 4 rings (SSSR count). The summed E-state index contributed by atoms with van der Waals surface area (Å²) >= 11 is 1.64. The standard InChI is InChI=1S/C18H23N3O3S/c22-15(19-10-11-4-3-9-24-11)8-7-14-20-17(23)16-12-5-1-2-6-13(12)25-18(16)21-14/h11H,1-10H2,(H,19,22)(H,20,21,23)/t11-/m1/s1. The Morgan fingerprint density at radius 2 is 2.20 bits per heavy atom. The lowest BCUT2D eigenvalue weighted by molar-refractivity contribution is -0.121. The van der Waals surface area contributed by atoms with E-state index in [1.54, 1.807) is 11.3 Å². The summed E-state index contributed by atoms with van der Waals surface area (Å²) in [6.45, 7) is 1.36. The molecule has 1 atom stereocenters. The van der Waals surface area contributed by atoms with Crippen LogP contribution in [0.5, 0.6) is 0 Å². The number of hydrogen-bond acceptors (Lipinski definition) is 5. The first-order chi connectivity index (χ1) is 12.2. The zero-order valence-corrected chi connectivity index (χ0v) is 15.0. The van der Waals surface area contributed by atoms with E-state index in [1.807, 2.05) is 0 Å². The molecule has 1 fully saturated rings. The van der Waals surface area contributed by atoms with Gasteiger partial charge in [0.25, 0.3) is 5.56 Å². The summed E-state index contributed by atoms with van der Waals surface area (Å²) < 4.78 is 5.50. The third kappa shape index (κ3) is 3.62. The van der Waals surface area contributed by atoms with Gasteiger partial charge in [0.2, 0.25) is 5.91 Å². The number of ether oxygens (including phenoxy) is 1. The molecule has 2 aliphatic rings. The van der Waals surface area contributed by atoms with Crippen LogP contribution in [0.1, 0.15) is 48.4 Å². The highest BCUT2D eigenvalue weighted by Gasteiger charge is 2.20. The molecular weight excluding hydrogens is 338 g/mol. The summed E-state index contributed by atoms with van der Waals surface area (Å²) in [5, 5.41) is 3.67. The average molecular weight is 361 g/mol. The molecule has 2 aromatic heterocycles. The van der Waals surface area contributed by atoms with Crippen molar-refractivity contribution in [3.63, 3.8) is 0 Å². The number of aromatic amines is 1. The van der Waals surface area contributed by atoms with Gasteiger partial charge in [-0.25, -0.2) is 4.98 Å². The van der Waals surface area contributed by atoms with Gasteiger partial charge in [-0.05, 0) is 44.1 Å². The Morgan fingerprint density at radius 3 is 3.04 bits per heavy atom. The van der Waals surface area contributed by atoms with Gasteiger partial charge in [0.1, 0.15) is 10.7 Å². The first kappa shape index (κ1) is 16.7. The van der Waals surface area contributed by atoms with Crippen LogP contribution >= 0.6 is 11.3 Å². The fraction of sp³-hybridized carbons (Fsp3) is 0.611. The summed E-state index contributed by atoms with van der Waals surface area (Å²) in [4.78, 5) is 34.1. The maximum Gasteiger partial charge on any atom is 0.259 e. The lowest BCUT2D eigenvalue weighted by Crippen LogP contribution is -2.32. The highest BCUT2D eigenvalue weighted by molar-refractivity contribution is 7.18. The molecule has 1 saturated heterocycles. The van der Waals surface area contributed by atoms with Crippen LogP contribution in [0.3, 0.4) is 0 Å². The number of nitrogens with zero attached hydrogens (tertiary/aromatic N) is 1. The van der Waals surface area contributed by atoms with Gasteiger partial charge in [-0.2, -0.15) is 0 Å². The zero-order chi connectivity index (χ0) is 17.2. The summed E-state index contributed by atoms with van der Waals surface area (Å²) in [5.74, 6) is 0.576. The second-order valence-corrected chi connectivity index (χ2v) is 7.93. The van der Waals surface area contributed by atoms with Gasteiger partial charge in [-0.3, -0.25) is 9.59 Å². The van der Waals surface area contributed by atoms with Crippen LogP contribution in [0, 0.1) is 0 Å². The summed E-state index contributed by atoms with van der Waals surface area (Å²) in [6.07, 6.45) is 7.36. The SMILES string of the molecule is O=C(CCc1nc2sc3c(c2c(=O)[nH]1)CCCC3)NC[C@H]1CCCO1. The number of aromatic nitrogens is 2. The molecule has 134 valence electrons. The number of H-pyrrole nitrogens is 1. The molecule has 3 heterocycles. The molecular formula is C18H23N3O3S.